The highest BCUT2D eigenvalue weighted by Crippen LogP contribution is 2.38. The monoisotopic (exact) mass is 244 g/mol. The van der Waals surface area contributed by atoms with Crippen molar-refractivity contribution in [2.45, 2.75) is 44.1 Å². The molecule has 2 N–H and O–H groups in total. The summed E-state index contributed by atoms with van der Waals surface area (Å²) in [6.07, 6.45) is 8.37. The van der Waals surface area contributed by atoms with Crippen LogP contribution in [0, 0.1) is 0 Å². The maximum Gasteiger partial charge on any atom is 0.117 e. The normalized spacial score (nSPS) is 28.7. The zero-order valence-electron chi connectivity index (χ0n) is 11.1. The molecule has 0 radical (unpaired) electrons. The molecule has 0 aliphatic heterocycles. The minimum Gasteiger partial charge on any atom is -0.329 e. The van der Waals surface area contributed by atoms with Crippen LogP contribution in [0.4, 0.5) is 0 Å². The molecular formula is C14H20N4. The van der Waals surface area contributed by atoms with E-state index in [9.17, 15) is 0 Å². The summed E-state index contributed by atoms with van der Waals surface area (Å²) in [6.45, 7) is 2.26. The first-order valence-corrected chi connectivity index (χ1v) is 6.65. The summed E-state index contributed by atoms with van der Waals surface area (Å²) in [5.41, 5.74) is 8.46. The standard InChI is InChI=1S/C14H20N4/c1-14(7-4-3-5-12(14)15)13-17-10-6-8-16-9-11(10)18(13)2/h6,8-9,12H,3-5,7,15H2,1-2H3. The van der Waals surface area contributed by atoms with Crippen molar-refractivity contribution in [2.75, 3.05) is 0 Å². The van der Waals surface area contributed by atoms with Gasteiger partial charge in [0.05, 0.1) is 17.2 Å². The van der Waals surface area contributed by atoms with Crippen molar-refractivity contribution < 1.29 is 0 Å². The first-order valence-electron chi connectivity index (χ1n) is 6.65. The fourth-order valence-corrected chi connectivity index (χ4v) is 3.18. The van der Waals surface area contributed by atoms with Gasteiger partial charge >= 0.3 is 0 Å². The van der Waals surface area contributed by atoms with E-state index in [0.29, 0.717) is 0 Å². The highest BCUT2D eigenvalue weighted by atomic mass is 15.1. The third kappa shape index (κ3) is 1.56. The summed E-state index contributed by atoms with van der Waals surface area (Å²) < 4.78 is 2.16. The molecule has 2 unspecified atom stereocenters. The van der Waals surface area contributed by atoms with Gasteiger partial charge < -0.3 is 10.3 Å². The molecular weight excluding hydrogens is 224 g/mol. The highest BCUT2D eigenvalue weighted by Gasteiger charge is 2.39. The van der Waals surface area contributed by atoms with E-state index >= 15 is 0 Å². The number of aryl methyl sites for hydroxylation is 1. The van der Waals surface area contributed by atoms with Crippen LogP contribution < -0.4 is 5.73 Å². The minimum atomic E-state index is -0.00792. The van der Waals surface area contributed by atoms with Crippen LogP contribution in [-0.4, -0.2) is 20.6 Å². The zero-order chi connectivity index (χ0) is 12.8. The van der Waals surface area contributed by atoms with E-state index in [2.05, 4.69) is 23.5 Å². The molecule has 0 aromatic carbocycles. The molecule has 1 fully saturated rings. The average molecular weight is 244 g/mol. The van der Waals surface area contributed by atoms with Gasteiger partial charge in [-0.15, -0.1) is 0 Å². The van der Waals surface area contributed by atoms with Gasteiger partial charge in [-0.3, -0.25) is 4.98 Å². The van der Waals surface area contributed by atoms with Crippen molar-refractivity contribution in [3.05, 3.63) is 24.3 Å². The van der Waals surface area contributed by atoms with Gasteiger partial charge in [0.2, 0.25) is 0 Å². The lowest BCUT2D eigenvalue weighted by molar-refractivity contribution is 0.254. The molecule has 0 saturated heterocycles. The molecule has 0 amide bonds. The van der Waals surface area contributed by atoms with E-state index in [0.717, 1.165) is 29.7 Å². The number of imidazole rings is 1. The van der Waals surface area contributed by atoms with Crippen LogP contribution in [0.3, 0.4) is 0 Å². The van der Waals surface area contributed by atoms with Crippen LogP contribution in [0.2, 0.25) is 0 Å². The number of nitrogens with two attached hydrogens (primary N) is 1. The lowest BCUT2D eigenvalue weighted by Gasteiger charge is -2.38. The molecule has 2 heterocycles. The van der Waals surface area contributed by atoms with E-state index in [4.69, 9.17) is 10.7 Å². The SMILES string of the molecule is Cn1c(C2(C)CCCCC2N)nc2ccncc21. The predicted molar refractivity (Wildman–Crippen MR) is 72.3 cm³/mol. The van der Waals surface area contributed by atoms with Gasteiger partial charge in [-0.25, -0.2) is 4.98 Å². The Bertz CT molecular complexity index is 574. The molecule has 2 atom stereocenters. The Labute approximate surface area is 107 Å². The highest BCUT2D eigenvalue weighted by molar-refractivity contribution is 5.74. The first-order chi connectivity index (χ1) is 8.63. The second-order valence-electron chi connectivity index (χ2n) is 5.63. The van der Waals surface area contributed by atoms with Crippen LogP contribution in [-0.2, 0) is 12.5 Å². The molecule has 0 spiro atoms. The lowest BCUT2D eigenvalue weighted by Crippen LogP contribution is -2.47. The molecule has 1 aliphatic carbocycles. The molecule has 18 heavy (non-hydrogen) atoms. The number of aromatic nitrogens is 3. The summed E-state index contributed by atoms with van der Waals surface area (Å²) in [7, 11) is 2.07. The first kappa shape index (κ1) is 11.7. The van der Waals surface area contributed by atoms with Gasteiger partial charge in [0.25, 0.3) is 0 Å². The third-order valence-electron chi connectivity index (χ3n) is 4.47. The van der Waals surface area contributed by atoms with Crippen molar-refractivity contribution in [3.63, 3.8) is 0 Å². The van der Waals surface area contributed by atoms with Crippen LogP contribution in [0.1, 0.15) is 38.4 Å². The van der Waals surface area contributed by atoms with Gasteiger partial charge in [0, 0.05) is 24.7 Å². The van der Waals surface area contributed by atoms with Gasteiger partial charge in [-0.1, -0.05) is 19.8 Å². The van der Waals surface area contributed by atoms with E-state index in [1.165, 1.54) is 12.8 Å². The van der Waals surface area contributed by atoms with Gasteiger partial charge in [0.1, 0.15) is 5.82 Å². The summed E-state index contributed by atoms with van der Waals surface area (Å²) >= 11 is 0. The Morgan fingerprint density at radius 2 is 2.28 bits per heavy atom. The fourth-order valence-electron chi connectivity index (χ4n) is 3.18. The van der Waals surface area contributed by atoms with E-state index < -0.39 is 0 Å². The van der Waals surface area contributed by atoms with E-state index in [1.807, 2.05) is 12.3 Å². The third-order valence-corrected chi connectivity index (χ3v) is 4.47. The summed E-state index contributed by atoms with van der Waals surface area (Å²) in [6, 6.07) is 2.17. The van der Waals surface area contributed by atoms with Crippen LogP contribution >= 0.6 is 0 Å². The quantitative estimate of drug-likeness (QED) is 0.836. The molecule has 96 valence electrons. The fraction of sp³-hybridized carbons (Fsp3) is 0.571. The second kappa shape index (κ2) is 4.05. The Morgan fingerprint density at radius 1 is 1.44 bits per heavy atom. The molecule has 4 heteroatoms. The molecule has 2 aromatic heterocycles. The number of pyridine rings is 1. The van der Waals surface area contributed by atoms with Crippen molar-refractivity contribution in [2.24, 2.45) is 12.8 Å². The summed E-state index contributed by atoms with van der Waals surface area (Å²) in [5.74, 6) is 1.11. The van der Waals surface area contributed by atoms with Crippen molar-refractivity contribution in [1.29, 1.82) is 0 Å². The topological polar surface area (TPSA) is 56.7 Å². The predicted octanol–water partition coefficient (Wildman–Crippen LogP) is 2.13. The van der Waals surface area contributed by atoms with Gasteiger partial charge in [0.15, 0.2) is 0 Å². The molecule has 2 aromatic rings. The number of nitrogens with zero attached hydrogens (tertiary/aromatic N) is 3. The maximum absolute atomic E-state index is 6.37. The van der Waals surface area contributed by atoms with Crippen molar-refractivity contribution >= 4 is 11.0 Å². The zero-order valence-corrected chi connectivity index (χ0v) is 11.1. The maximum atomic E-state index is 6.37. The molecule has 0 bridgehead atoms. The Kier molecular flexibility index (Phi) is 2.63. The number of hydrogen-bond acceptors (Lipinski definition) is 3. The second-order valence-corrected chi connectivity index (χ2v) is 5.63. The Hall–Kier alpha value is -1.42. The smallest absolute Gasteiger partial charge is 0.117 e. The van der Waals surface area contributed by atoms with Crippen LogP contribution in [0.25, 0.3) is 11.0 Å². The van der Waals surface area contributed by atoms with Crippen molar-refractivity contribution in [3.8, 4) is 0 Å². The Balaban J connectivity index is 2.16. The van der Waals surface area contributed by atoms with Crippen LogP contribution in [0.15, 0.2) is 18.5 Å². The number of fused-ring (bicyclic) bond motifs is 1. The summed E-state index contributed by atoms with van der Waals surface area (Å²) in [4.78, 5) is 8.98. The minimum absolute atomic E-state index is 0.00792. The molecule has 4 nitrogen and oxygen atoms in total. The largest absolute Gasteiger partial charge is 0.329 e. The molecule has 1 aliphatic rings. The van der Waals surface area contributed by atoms with Gasteiger partial charge in [-0.2, -0.15) is 0 Å². The lowest BCUT2D eigenvalue weighted by atomic mass is 9.71. The number of hydrogen-bond donors (Lipinski definition) is 1. The molecule has 1 saturated carbocycles. The average Bonchev–Trinajstić information content (AvgIpc) is 2.72. The van der Waals surface area contributed by atoms with Crippen molar-refractivity contribution in [1.82, 2.24) is 14.5 Å². The van der Waals surface area contributed by atoms with Gasteiger partial charge in [-0.05, 0) is 18.9 Å². The van der Waals surface area contributed by atoms with Crippen LogP contribution in [0.5, 0.6) is 0 Å². The summed E-state index contributed by atoms with van der Waals surface area (Å²) in [5, 5.41) is 0. The number of rotatable bonds is 1. The van der Waals surface area contributed by atoms with E-state index in [-0.39, 0.29) is 11.5 Å². The Morgan fingerprint density at radius 3 is 3.00 bits per heavy atom. The molecule has 3 rings (SSSR count). The van der Waals surface area contributed by atoms with E-state index in [1.54, 1.807) is 6.20 Å².